The van der Waals surface area contributed by atoms with Gasteiger partial charge in [0.2, 0.25) is 11.7 Å². The summed E-state index contributed by atoms with van der Waals surface area (Å²) in [4.78, 5) is 6.61. The molecule has 0 saturated heterocycles. The van der Waals surface area contributed by atoms with E-state index in [1.54, 1.807) is 7.11 Å². The quantitative estimate of drug-likeness (QED) is 0.645. The van der Waals surface area contributed by atoms with Crippen LogP contribution in [-0.2, 0) is 6.54 Å². The van der Waals surface area contributed by atoms with Crippen molar-refractivity contribution in [3.05, 3.63) is 65.0 Å². The summed E-state index contributed by atoms with van der Waals surface area (Å²) in [7, 11) is 3.69. The lowest BCUT2D eigenvalue weighted by Gasteiger charge is -2.23. The van der Waals surface area contributed by atoms with Gasteiger partial charge in [0.05, 0.1) is 13.7 Å². The highest BCUT2D eigenvalue weighted by Crippen LogP contribution is 2.25. The van der Waals surface area contributed by atoms with Crippen LogP contribution in [0.25, 0.3) is 11.4 Å². The second kappa shape index (κ2) is 7.68. The van der Waals surface area contributed by atoms with Crippen LogP contribution in [0, 0.1) is 0 Å². The number of hydrogen-bond acceptors (Lipinski definition) is 5. The van der Waals surface area contributed by atoms with Crippen LogP contribution < -0.4 is 4.74 Å². The predicted octanol–water partition coefficient (Wildman–Crippen LogP) is 4.59. The molecule has 0 fully saturated rings. The highest BCUT2D eigenvalue weighted by Gasteiger charge is 2.16. The van der Waals surface area contributed by atoms with Crippen LogP contribution in [0.15, 0.2) is 53.1 Å². The van der Waals surface area contributed by atoms with Gasteiger partial charge >= 0.3 is 0 Å². The van der Waals surface area contributed by atoms with Crippen molar-refractivity contribution in [2.75, 3.05) is 14.2 Å². The summed E-state index contributed by atoms with van der Waals surface area (Å²) in [5.74, 6) is 1.95. The third kappa shape index (κ3) is 4.18. The van der Waals surface area contributed by atoms with Gasteiger partial charge in [0.25, 0.3) is 0 Å². The molecule has 0 spiro atoms. The molecule has 3 rings (SSSR count). The topological polar surface area (TPSA) is 51.4 Å². The zero-order chi connectivity index (χ0) is 17.8. The standard InChI is InChI=1S/C19H20ClN3O2/c1-13(14-6-5-9-17(11-14)24-3)23(2)12-18-21-19(22-25-18)15-7-4-8-16(20)10-15/h4-11,13H,12H2,1-3H3/t13-/m0/s1. The fourth-order valence-corrected chi connectivity index (χ4v) is 2.76. The largest absolute Gasteiger partial charge is 0.497 e. The number of ether oxygens (including phenoxy) is 1. The summed E-state index contributed by atoms with van der Waals surface area (Å²) in [5, 5.41) is 4.69. The zero-order valence-electron chi connectivity index (χ0n) is 14.4. The molecule has 25 heavy (non-hydrogen) atoms. The molecule has 0 N–H and O–H groups in total. The first kappa shape index (κ1) is 17.5. The second-order valence-electron chi connectivity index (χ2n) is 5.89. The number of halogens is 1. The molecule has 1 heterocycles. The number of aromatic nitrogens is 2. The second-order valence-corrected chi connectivity index (χ2v) is 6.33. The van der Waals surface area contributed by atoms with Gasteiger partial charge in [0.1, 0.15) is 5.75 Å². The third-order valence-electron chi connectivity index (χ3n) is 4.17. The van der Waals surface area contributed by atoms with Gasteiger partial charge in [-0.1, -0.05) is 41.0 Å². The number of benzene rings is 2. The van der Waals surface area contributed by atoms with Gasteiger partial charge in [-0.25, -0.2) is 0 Å². The maximum absolute atomic E-state index is 6.02. The van der Waals surface area contributed by atoms with E-state index in [-0.39, 0.29) is 6.04 Å². The Kier molecular flexibility index (Phi) is 5.36. The van der Waals surface area contributed by atoms with Crippen molar-refractivity contribution < 1.29 is 9.26 Å². The smallest absolute Gasteiger partial charge is 0.241 e. The van der Waals surface area contributed by atoms with Gasteiger partial charge in [-0.2, -0.15) is 4.98 Å². The Morgan fingerprint density at radius 3 is 2.76 bits per heavy atom. The van der Waals surface area contributed by atoms with Crippen LogP contribution in [0.5, 0.6) is 5.75 Å². The summed E-state index contributed by atoms with van der Waals surface area (Å²) in [6, 6.07) is 15.6. The normalized spacial score (nSPS) is 12.4. The molecule has 0 amide bonds. The zero-order valence-corrected chi connectivity index (χ0v) is 15.2. The summed E-state index contributed by atoms with van der Waals surface area (Å²) in [6.07, 6.45) is 0. The van der Waals surface area contributed by atoms with Crippen molar-refractivity contribution in [2.45, 2.75) is 19.5 Å². The molecule has 0 radical (unpaired) electrons. The maximum Gasteiger partial charge on any atom is 0.241 e. The lowest BCUT2D eigenvalue weighted by molar-refractivity contribution is 0.216. The fourth-order valence-electron chi connectivity index (χ4n) is 2.57. The van der Waals surface area contributed by atoms with Crippen LogP contribution in [-0.4, -0.2) is 29.2 Å². The highest BCUT2D eigenvalue weighted by molar-refractivity contribution is 6.30. The summed E-state index contributed by atoms with van der Waals surface area (Å²) >= 11 is 6.02. The summed E-state index contributed by atoms with van der Waals surface area (Å²) in [5.41, 5.74) is 2.00. The third-order valence-corrected chi connectivity index (χ3v) is 4.41. The van der Waals surface area contributed by atoms with Crippen molar-refractivity contribution in [1.29, 1.82) is 0 Å². The molecule has 0 aliphatic rings. The SMILES string of the molecule is COc1cccc([C@H](C)N(C)Cc2nc(-c3cccc(Cl)c3)no2)c1. The van der Waals surface area contributed by atoms with E-state index in [0.29, 0.717) is 23.3 Å². The van der Waals surface area contributed by atoms with E-state index in [1.807, 2.05) is 49.5 Å². The molecule has 3 aromatic rings. The molecule has 0 unspecified atom stereocenters. The average Bonchev–Trinajstić information content (AvgIpc) is 3.09. The number of nitrogens with zero attached hydrogens (tertiary/aromatic N) is 3. The van der Waals surface area contributed by atoms with Crippen molar-refractivity contribution in [1.82, 2.24) is 15.0 Å². The minimum atomic E-state index is 0.177. The lowest BCUT2D eigenvalue weighted by Crippen LogP contribution is -2.22. The van der Waals surface area contributed by atoms with Gasteiger partial charge in [-0.05, 0) is 43.8 Å². The Bertz CT molecular complexity index is 850. The first-order chi connectivity index (χ1) is 12.1. The Labute approximate surface area is 152 Å². The molecule has 1 aromatic heterocycles. The molecular weight excluding hydrogens is 338 g/mol. The van der Waals surface area contributed by atoms with Crippen molar-refractivity contribution in [3.63, 3.8) is 0 Å². The van der Waals surface area contributed by atoms with Crippen molar-refractivity contribution in [3.8, 4) is 17.1 Å². The molecule has 6 heteroatoms. The van der Waals surface area contributed by atoms with E-state index in [4.69, 9.17) is 20.9 Å². The molecule has 2 aromatic carbocycles. The molecule has 130 valence electrons. The van der Waals surface area contributed by atoms with Crippen LogP contribution in [0.4, 0.5) is 0 Å². The molecule has 0 aliphatic carbocycles. The van der Waals surface area contributed by atoms with E-state index >= 15 is 0 Å². The van der Waals surface area contributed by atoms with E-state index in [2.05, 4.69) is 28.0 Å². The van der Waals surface area contributed by atoms with E-state index < -0.39 is 0 Å². The van der Waals surface area contributed by atoms with Crippen LogP contribution in [0.2, 0.25) is 5.02 Å². The van der Waals surface area contributed by atoms with Crippen LogP contribution in [0.3, 0.4) is 0 Å². The summed E-state index contributed by atoms with van der Waals surface area (Å²) in [6.45, 7) is 2.68. The molecule has 0 aliphatic heterocycles. The van der Waals surface area contributed by atoms with E-state index in [1.165, 1.54) is 0 Å². The molecule has 1 atom stereocenters. The van der Waals surface area contributed by atoms with Gasteiger partial charge < -0.3 is 9.26 Å². The van der Waals surface area contributed by atoms with Crippen molar-refractivity contribution >= 4 is 11.6 Å². The van der Waals surface area contributed by atoms with Gasteiger partial charge in [0.15, 0.2) is 0 Å². The van der Waals surface area contributed by atoms with E-state index in [9.17, 15) is 0 Å². The average molecular weight is 358 g/mol. The molecular formula is C19H20ClN3O2. The van der Waals surface area contributed by atoms with Crippen LogP contribution >= 0.6 is 11.6 Å². The fraction of sp³-hybridized carbons (Fsp3) is 0.263. The maximum atomic E-state index is 6.02. The number of hydrogen-bond donors (Lipinski definition) is 0. The highest BCUT2D eigenvalue weighted by atomic mass is 35.5. The van der Waals surface area contributed by atoms with E-state index in [0.717, 1.165) is 16.9 Å². The van der Waals surface area contributed by atoms with Gasteiger partial charge in [-0.3, -0.25) is 4.90 Å². The minimum Gasteiger partial charge on any atom is -0.497 e. The van der Waals surface area contributed by atoms with Gasteiger partial charge in [-0.15, -0.1) is 0 Å². The molecule has 0 bridgehead atoms. The number of rotatable bonds is 6. The Hall–Kier alpha value is -2.37. The Morgan fingerprint density at radius 2 is 2.00 bits per heavy atom. The molecule has 0 saturated carbocycles. The Morgan fingerprint density at radius 1 is 1.20 bits per heavy atom. The minimum absolute atomic E-state index is 0.177. The lowest BCUT2D eigenvalue weighted by atomic mass is 10.1. The predicted molar refractivity (Wildman–Crippen MR) is 97.6 cm³/mol. The molecule has 5 nitrogen and oxygen atoms in total. The first-order valence-electron chi connectivity index (χ1n) is 7.99. The van der Waals surface area contributed by atoms with Crippen LogP contribution in [0.1, 0.15) is 24.4 Å². The summed E-state index contributed by atoms with van der Waals surface area (Å²) < 4.78 is 10.7. The first-order valence-corrected chi connectivity index (χ1v) is 8.37. The monoisotopic (exact) mass is 357 g/mol. The van der Waals surface area contributed by atoms with Gasteiger partial charge in [0, 0.05) is 16.6 Å². The Balaban J connectivity index is 1.71. The number of methoxy groups -OCH3 is 1. The van der Waals surface area contributed by atoms with Crippen molar-refractivity contribution in [2.24, 2.45) is 0 Å².